The summed E-state index contributed by atoms with van der Waals surface area (Å²) in [5.74, 6) is 6.99. The van der Waals surface area contributed by atoms with Crippen LogP contribution >= 0.6 is 0 Å². The zero-order valence-electron chi connectivity index (χ0n) is 11.7. The zero-order chi connectivity index (χ0) is 13.1. The first-order chi connectivity index (χ1) is 8.86. The van der Waals surface area contributed by atoms with E-state index in [2.05, 4.69) is 43.0 Å². The molecule has 0 amide bonds. The fourth-order valence-corrected chi connectivity index (χ4v) is 1.80. The predicted octanol–water partition coefficient (Wildman–Crippen LogP) is 4.60. The maximum Gasteiger partial charge on any atom is 0.119 e. The Morgan fingerprint density at radius 1 is 1.06 bits per heavy atom. The number of rotatable bonds is 8. The molecule has 0 heterocycles. The molecule has 0 radical (unpaired) electrons. The van der Waals surface area contributed by atoms with E-state index in [4.69, 9.17) is 4.74 Å². The standard InChI is InChI=1S/C17H24O/c1-3-5-7-9-15-18-17-13-11-16(12-14-17)10-8-6-4-2/h11-14H,3,5,7-10,15H2,1-2H3. The second kappa shape index (κ2) is 9.59. The van der Waals surface area contributed by atoms with E-state index >= 15 is 0 Å². The van der Waals surface area contributed by atoms with E-state index in [1.54, 1.807) is 0 Å². The number of unbranched alkanes of at least 4 members (excludes halogenated alkanes) is 3. The number of aryl methyl sites for hydroxylation is 1. The largest absolute Gasteiger partial charge is 0.494 e. The molecule has 0 fully saturated rings. The van der Waals surface area contributed by atoms with Gasteiger partial charge in [0.1, 0.15) is 5.75 Å². The molecule has 1 aromatic carbocycles. The summed E-state index contributed by atoms with van der Waals surface area (Å²) in [4.78, 5) is 0. The smallest absolute Gasteiger partial charge is 0.119 e. The summed E-state index contributed by atoms with van der Waals surface area (Å²) >= 11 is 0. The SMILES string of the molecule is CC#CCCc1ccc(OCCCCCC)cc1. The summed E-state index contributed by atoms with van der Waals surface area (Å²) in [7, 11) is 0. The van der Waals surface area contributed by atoms with Gasteiger partial charge in [0, 0.05) is 6.42 Å². The Labute approximate surface area is 112 Å². The van der Waals surface area contributed by atoms with Crippen molar-refractivity contribution in [1.82, 2.24) is 0 Å². The van der Waals surface area contributed by atoms with Crippen LogP contribution < -0.4 is 4.74 Å². The molecule has 0 aliphatic carbocycles. The van der Waals surface area contributed by atoms with E-state index < -0.39 is 0 Å². The van der Waals surface area contributed by atoms with Gasteiger partial charge in [0.2, 0.25) is 0 Å². The van der Waals surface area contributed by atoms with Gasteiger partial charge in [-0.05, 0) is 37.5 Å². The quantitative estimate of drug-likeness (QED) is 0.479. The first kappa shape index (κ1) is 14.6. The minimum Gasteiger partial charge on any atom is -0.494 e. The predicted molar refractivity (Wildman–Crippen MR) is 77.9 cm³/mol. The molecule has 0 atom stereocenters. The summed E-state index contributed by atoms with van der Waals surface area (Å²) in [6, 6.07) is 8.40. The summed E-state index contributed by atoms with van der Waals surface area (Å²) in [6.45, 7) is 4.94. The molecule has 0 spiro atoms. The molecular weight excluding hydrogens is 220 g/mol. The van der Waals surface area contributed by atoms with Crippen LogP contribution in [0.15, 0.2) is 24.3 Å². The molecule has 1 rings (SSSR count). The van der Waals surface area contributed by atoms with E-state index in [9.17, 15) is 0 Å². The third-order valence-electron chi connectivity index (χ3n) is 2.91. The van der Waals surface area contributed by atoms with Gasteiger partial charge in [-0.25, -0.2) is 0 Å². The highest BCUT2D eigenvalue weighted by Gasteiger charge is 1.95. The fourth-order valence-electron chi connectivity index (χ4n) is 1.80. The van der Waals surface area contributed by atoms with Crippen LogP contribution in [0.5, 0.6) is 5.75 Å². The van der Waals surface area contributed by atoms with E-state index in [0.29, 0.717) is 0 Å². The van der Waals surface area contributed by atoms with Crippen LogP contribution in [-0.2, 0) is 6.42 Å². The van der Waals surface area contributed by atoms with Gasteiger partial charge < -0.3 is 4.74 Å². The Morgan fingerprint density at radius 2 is 1.83 bits per heavy atom. The molecule has 0 unspecified atom stereocenters. The topological polar surface area (TPSA) is 9.23 Å². The number of ether oxygens (including phenoxy) is 1. The highest BCUT2D eigenvalue weighted by atomic mass is 16.5. The lowest BCUT2D eigenvalue weighted by Gasteiger charge is -2.06. The minimum absolute atomic E-state index is 0.834. The lowest BCUT2D eigenvalue weighted by molar-refractivity contribution is 0.305. The molecule has 0 bridgehead atoms. The van der Waals surface area contributed by atoms with Gasteiger partial charge >= 0.3 is 0 Å². The Hall–Kier alpha value is -1.42. The van der Waals surface area contributed by atoms with Crippen LogP contribution in [0.4, 0.5) is 0 Å². The average Bonchev–Trinajstić information content (AvgIpc) is 2.40. The first-order valence-electron chi connectivity index (χ1n) is 6.98. The van der Waals surface area contributed by atoms with Crippen molar-refractivity contribution in [2.45, 2.75) is 52.4 Å². The average molecular weight is 244 g/mol. The van der Waals surface area contributed by atoms with E-state index in [0.717, 1.165) is 31.6 Å². The summed E-state index contributed by atoms with van der Waals surface area (Å²) in [6.07, 6.45) is 6.97. The molecule has 0 N–H and O–H groups in total. The van der Waals surface area contributed by atoms with Crippen molar-refractivity contribution in [2.75, 3.05) is 6.61 Å². The molecule has 1 nitrogen and oxygen atoms in total. The summed E-state index contributed by atoms with van der Waals surface area (Å²) in [5.41, 5.74) is 1.33. The second-order valence-electron chi connectivity index (χ2n) is 4.48. The van der Waals surface area contributed by atoms with Crippen LogP contribution in [0.2, 0.25) is 0 Å². The van der Waals surface area contributed by atoms with Gasteiger partial charge in [-0.15, -0.1) is 11.8 Å². The van der Waals surface area contributed by atoms with Crippen LogP contribution in [-0.4, -0.2) is 6.61 Å². The van der Waals surface area contributed by atoms with Crippen molar-refractivity contribution in [1.29, 1.82) is 0 Å². The highest BCUT2D eigenvalue weighted by Crippen LogP contribution is 2.14. The van der Waals surface area contributed by atoms with Gasteiger partial charge in [0.15, 0.2) is 0 Å². The Kier molecular flexibility index (Phi) is 7.80. The molecule has 0 saturated carbocycles. The number of benzene rings is 1. The number of hydrogen-bond acceptors (Lipinski definition) is 1. The first-order valence-corrected chi connectivity index (χ1v) is 6.98. The Bertz CT molecular complexity index is 367. The minimum atomic E-state index is 0.834. The lowest BCUT2D eigenvalue weighted by Crippen LogP contribution is -1.97. The molecule has 98 valence electrons. The van der Waals surface area contributed by atoms with Crippen LogP contribution in [0.1, 0.15) is 51.5 Å². The van der Waals surface area contributed by atoms with Crippen molar-refractivity contribution < 1.29 is 4.74 Å². The highest BCUT2D eigenvalue weighted by molar-refractivity contribution is 5.27. The van der Waals surface area contributed by atoms with Crippen molar-refractivity contribution in [3.63, 3.8) is 0 Å². The molecule has 0 aliphatic rings. The fraction of sp³-hybridized carbons (Fsp3) is 0.529. The zero-order valence-corrected chi connectivity index (χ0v) is 11.7. The van der Waals surface area contributed by atoms with E-state index in [1.165, 1.54) is 24.8 Å². The maximum atomic E-state index is 5.71. The molecule has 0 aromatic heterocycles. The van der Waals surface area contributed by atoms with E-state index in [1.807, 2.05) is 6.92 Å². The Balaban J connectivity index is 2.24. The maximum absolute atomic E-state index is 5.71. The summed E-state index contributed by atoms with van der Waals surface area (Å²) in [5, 5.41) is 0. The Morgan fingerprint density at radius 3 is 2.50 bits per heavy atom. The monoisotopic (exact) mass is 244 g/mol. The van der Waals surface area contributed by atoms with Gasteiger partial charge in [-0.3, -0.25) is 0 Å². The third kappa shape index (κ3) is 6.35. The molecule has 0 aliphatic heterocycles. The van der Waals surface area contributed by atoms with Crippen molar-refractivity contribution in [3.8, 4) is 17.6 Å². The van der Waals surface area contributed by atoms with Crippen LogP contribution in [0, 0.1) is 11.8 Å². The molecule has 1 aromatic rings. The van der Waals surface area contributed by atoms with E-state index in [-0.39, 0.29) is 0 Å². The van der Waals surface area contributed by atoms with Crippen molar-refractivity contribution >= 4 is 0 Å². The van der Waals surface area contributed by atoms with Gasteiger partial charge in [0.05, 0.1) is 6.61 Å². The summed E-state index contributed by atoms with van der Waals surface area (Å²) < 4.78 is 5.71. The molecule has 18 heavy (non-hydrogen) atoms. The normalized spacial score (nSPS) is 9.67. The van der Waals surface area contributed by atoms with Crippen molar-refractivity contribution in [3.05, 3.63) is 29.8 Å². The van der Waals surface area contributed by atoms with Gasteiger partial charge in [-0.2, -0.15) is 0 Å². The second-order valence-corrected chi connectivity index (χ2v) is 4.48. The van der Waals surface area contributed by atoms with Gasteiger partial charge in [-0.1, -0.05) is 38.3 Å². The number of hydrogen-bond donors (Lipinski definition) is 0. The van der Waals surface area contributed by atoms with Gasteiger partial charge in [0.25, 0.3) is 0 Å². The molecule has 0 saturated heterocycles. The third-order valence-corrected chi connectivity index (χ3v) is 2.91. The van der Waals surface area contributed by atoms with Crippen LogP contribution in [0.25, 0.3) is 0 Å². The lowest BCUT2D eigenvalue weighted by atomic mass is 10.1. The molecule has 1 heteroatoms. The van der Waals surface area contributed by atoms with Crippen molar-refractivity contribution in [2.24, 2.45) is 0 Å². The molecular formula is C17H24O. The van der Waals surface area contributed by atoms with Crippen LogP contribution in [0.3, 0.4) is 0 Å².